The van der Waals surface area contributed by atoms with E-state index in [4.69, 9.17) is 0 Å². The van der Waals surface area contributed by atoms with E-state index in [1.54, 1.807) is 0 Å². The largest absolute Gasteiger partial charge is 0.337 e. The van der Waals surface area contributed by atoms with E-state index in [2.05, 4.69) is 29.6 Å². The van der Waals surface area contributed by atoms with Crippen LogP contribution in [-0.4, -0.2) is 9.55 Å². The van der Waals surface area contributed by atoms with Crippen LogP contribution in [0, 0.1) is 0 Å². The number of hydrogen-bond acceptors (Lipinski definition) is 1. The molecule has 2 nitrogen and oxygen atoms in total. The molecule has 0 N–H and O–H groups in total. The first kappa shape index (κ1) is 12.3. The van der Waals surface area contributed by atoms with Crippen LogP contribution < -0.4 is 0 Å². The number of unbranched alkanes of at least 4 members (excludes halogenated alkanes) is 4. The third-order valence-electron chi connectivity index (χ3n) is 2.71. The van der Waals surface area contributed by atoms with E-state index < -0.39 is 0 Å². The molecule has 0 aromatic carbocycles. The maximum atomic E-state index is 4.38. The van der Waals surface area contributed by atoms with Gasteiger partial charge in [-0.25, -0.2) is 4.98 Å². The molecule has 0 aliphatic carbocycles. The molecule has 0 saturated carbocycles. The summed E-state index contributed by atoms with van der Waals surface area (Å²) in [5, 5.41) is 0. The Balaban J connectivity index is 2.14. The van der Waals surface area contributed by atoms with E-state index >= 15 is 0 Å². The molecule has 1 aromatic heterocycles. The molecule has 0 unspecified atom stereocenters. The zero-order chi connectivity index (χ0) is 10.9. The molecule has 1 rings (SSSR count). The fourth-order valence-corrected chi connectivity index (χ4v) is 1.81. The first-order valence-corrected chi connectivity index (χ1v) is 6.37. The summed E-state index contributed by atoms with van der Waals surface area (Å²) in [6.45, 7) is 5.59. The average molecular weight is 208 g/mol. The fraction of sp³-hybridized carbons (Fsp3) is 0.769. The minimum Gasteiger partial charge on any atom is -0.337 e. The van der Waals surface area contributed by atoms with Crippen molar-refractivity contribution in [3.63, 3.8) is 0 Å². The topological polar surface area (TPSA) is 17.8 Å². The standard InChI is InChI=1S/C13H24N2/c1-3-5-6-7-8-10-15-11-13(9-4-2)14-12-15/h11-12H,3-10H2,1-2H3. The number of imidazole rings is 1. The zero-order valence-corrected chi connectivity index (χ0v) is 10.2. The lowest BCUT2D eigenvalue weighted by molar-refractivity contribution is 0.568. The summed E-state index contributed by atoms with van der Waals surface area (Å²) in [7, 11) is 0. The monoisotopic (exact) mass is 208 g/mol. The smallest absolute Gasteiger partial charge is 0.0949 e. The van der Waals surface area contributed by atoms with Crippen LogP contribution in [0.1, 0.15) is 58.1 Å². The van der Waals surface area contributed by atoms with Crippen molar-refractivity contribution >= 4 is 0 Å². The maximum absolute atomic E-state index is 4.38. The van der Waals surface area contributed by atoms with Crippen molar-refractivity contribution in [1.82, 2.24) is 9.55 Å². The minimum absolute atomic E-state index is 1.11. The molecule has 1 aromatic rings. The number of rotatable bonds is 8. The maximum Gasteiger partial charge on any atom is 0.0949 e. The minimum atomic E-state index is 1.11. The second-order valence-electron chi connectivity index (χ2n) is 4.27. The van der Waals surface area contributed by atoms with Crippen LogP contribution in [0.5, 0.6) is 0 Å². The van der Waals surface area contributed by atoms with Crippen LogP contribution in [0.15, 0.2) is 12.5 Å². The Labute approximate surface area is 93.7 Å². The summed E-state index contributed by atoms with van der Waals surface area (Å²) in [6.07, 6.45) is 13.2. The van der Waals surface area contributed by atoms with Gasteiger partial charge in [0.1, 0.15) is 0 Å². The lowest BCUT2D eigenvalue weighted by Gasteiger charge is -2.01. The number of nitrogens with zero attached hydrogens (tertiary/aromatic N) is 2. The van der Waals surface area contributed by atoms with Crippen LogP contribution in [0.4, 0.5) is 0 Å². The summed E-state index contributed by atoms with van der Waals surface area (Å²) in [4.78, 5) is 4.38. The van der Waals surface area contributed by atoms with Crippen molar-refractivity contribution in [1.29, 1.82) is 0 Å². The molecule has 15 heavy (non-hydrogen) atoms. The molecule has 0 aliphatic rings. The van der Waals surface area contributed by atoms with Gasteiger partial charge in [-0.15, -0.1) is 0 Å². The van der Waals surface area contributed by atoms with Crippen molar-refractivity contribution in [3.8, 4) is 0 Å². The van der Waals surface area contributed by atoms with Crippen LogP contribution in [0.25, 0.3) is 0 Å². The highest BCUT2D eigenvalue weighted by molar-refractivity contribution is 4.96. The van der Waals surface area contributed by atoms with Gasteiger partial charge < -0.3 is 4.57 Å². The molecule has 0 radical (unpaired) electrons. The molecule has 86 valence electrons. The Morgan fingerprint density at radius 2 is 1.87 bits per heavy atom. The zero-order valence-electron chi connectivity index (χ0n) is 10.2. The highest BCUT2D eigenvalue weighted by Crippen LogP contribution is 2.05. The van der Waals surface area contributed by atoms with E-state index in [0.717, 1.165) is 13.0 Å². The summed E-state index contributed by atoms with van der Waals surface area (Å²) < 4.78 is 2.23. The molecular formula is C13H24N2. The van der Waals surface area contributed by atoms with Crippen molar-refractivity contribution in [3.05, 3.63) is 18.2 Å². The van der Waals surface area contributed by atoms with Crippen LogP contribution in [-0.2, 0) is 13.0 Å². The molecule has 0 bridgehead atoms. The third-order valence-corrected chi connectivity index (χ3v) is 2.71. The van der Waals surface area contributed by atoms with Crippen LogP contribution >= 0.6 is 0 Å². The Kier molecular flexibility index (Phi) is 6.14. The van der Waals surface area contributed by atoms with Gasteiger partial charge in [0.05, 0.1) is 12.0 Å². The Morgan fingerprint density at radius 3 is 2.60 bits per heavy atom. The molecule has 2 heteroatoms. The molecule has 0 fully saturated rings. The lowest BCUT2D eigenvalue weighted by atomic mass is 10.1. The summed E-state index contributed by atoms with van der Waals surface area (Å²) in [5.74, 6) is 0. The van der Waals surface area contributed by atoms with E-state index in [1.807, 2.05) is 6.33 Å². The van der Waals surface area contributed by atoms with Crippen molar-refractivity contribution < 1.29 is 0 Å². The van der Waals surface area contributed by atoms with Gasteiger partial charge in [-0.1, -0.05) is 46.0 Å². The second kappa shape index (κ2) is 7.49. The van der Waals surface area contributed by atoms with Gasteiger partial charge in [0.15, 0.2) is 0 Å². The van der Waals surface area contributed by atoms with E-state index in [0.29, 0.717) is 0 Å². The first-order valence-electron chi connectivity index (χ1n) is 6.37. The first-order chi connectivity index (χ1) is 7.36. The highest BCUT2D eigenvalue weighted by Gasteiger charge is 1.97. The van der Waals surface area contributed by atoms with Gasteiger partial charge in [0, 0.05) is 12.7 Å². The Morgan fingerprint density at radius 1 is 1.07 bits per heavy atom. The normalized spacial score (nSPS) is 10.8. The van der Waals surface area contributed by atoms with Crippen LogP contribution in [0.3, 0.4) is 0 Å². The van der Waals surface area contributed by atoms with Crippen molar-refractivity contribution in [2.24, 2.45) is 0 Å². The number of aryl methyl sites for hydroxylation is 2. The lowest BCUT2D eigenvalue weighted by Crippen LogP contribution is -1.94. The number of hydrogen-bond donors (Lipinski definition) is 0. The van der Waals surface area contributed by atoms with Gasteiger partial charge in [-0.2, -0.15) is 0 Å². The van der Waals surface area contributed by atoms with Gasteiger partial charge in [0.2, 0.25) is 0 Å². The molecule has 0 aliphatic heterocycles. The molecule has 0 spiro atoms. The van der Waals surface area contributed by atoms with Gasteiger partial charge >= 0.3 is 0 Å². The summed E-state index contributed by atoms with van der Waals surface area (Å²) >= 11 is 0. The van der Waals surface area contributed by atoms with Crippen LogP contribution in [0.2, 0.25) is 0 Å². The SMILES string of the molecule is CCCCCCCn1cnc(CCC)c1. The Hall–Kier alpha value is -0.790. The van der Waals surface area contributed by atoms with Gasteiger partial charge in [-0.3, -0.25) is 0 Å². The predicted molar refractivity (Wildman–Crippen MR) is 65.0 cm³/mol. The second-order valence-corrected chi connectivity index (χ2v) is 4.27. The van der Waals surface area contributed by atoms with Gasteiger partial charge in [-0.05, 0) is 12.8 Å². The molecule has 1 heterocycles. The van der Waals surface area contributed by atoms with E-state index in [9.17, 15) is 0 Å². The number of aromatic nitrogens is 2. The van der Waals surface area contributed by atoms with E-state index in [-0.39, 0.29) is 0 Å². The molecule has 0 amide bonds. The Bertz CT molecular complexity index is 253. The fourth-order valence-electron chi connectivity index (χ4n) is 1.81. The van der Waals surface area contributed by atoms with Crippen molar-refractivity contribution in [2.75, 3.05) is 0 Å². The molecule has 0 saturated heterocycles. The van der Waals surface area contributed by atoms with Crippen molar-refractivity contribution in [2.45, 2.75) is 65.3 Å². The third kappa shape index (κ3) is 5.01. The summed E-state index contributed by atoms with van der Waals surface area (Å²) in [5.41, 5.74) is 1.24. The quantitative estimate of drug-likeness (QED) is 0.594. The van der Waals surface area contributed by atoms with E-state index in [1.165, 1.54) is 44.2 Å². The molecular weight excluding hydrogens is 184 g/mol. The predicted octanol–water partition coefficient (Wildman–Crippen LogP) is 3.81. The average Bonchev–Trinajstić information content (AvgIpc) is 2.66. The van der Waals surface area contributed by atoms with Gasteiger partial charge in [0.25, 0.3) is 0 Å². The summed E-state index contributed by atoms with van der Waals surface area (Å²) in [6, 6.07) is 0. The highest BCUT2D eigenvalue weighted by atomic mass is 15.0. The molecule has 0 atom stereocenters.